The molecular weight excluding hydrogens is 454 g/mol. The van der Waals surface area contributed by atoms with E-state index in [2.05, 4.69) is 21.7 Å². The number of hydrogen-bond acceptors (Lipinski definition) is 8. The van der Waals surface area contributed by atoms with Gasteiger partial charge in [0.05, 0.1) is 25.6 Å². The van der Waals surface area contributed by atoms with Crippen molar-refractivity contribution in [3.05, 3.63) is 35.2 Å². The number of benzene rings is 1. The first kappa shape index (κ1) is 24.2. The molecule has 0 radical (unpaired) electrons. The van der Waals surface area contributed by atoms with Crippen LogP contribution in [0.2, 0.25) is 0 Å². The second-order valence-electron chi connectivity index (χ2n) is 8.07. The minimum atomic E-state index is 0.0584. The van der Waals surface area contributed by atoms with Crippen molar-refractivity contribution < 1.29 is 23.4 Å². The van der Waals surface area contributed by atoms with Crippen molar-refractivity contribution in [1.29, 1.82) is 0 Å². The number of ether oxygens (including phenoxy) is 3. The number of carbonyl (C=O) groups is 1. The van der Waals surface area contributed by atoms with Gasteiger partial charge in [-0.2, -0.15) is 0 Å². The maximum absolute atomic E-state index is 12.9. The topological polar surface area (TPSA) is 88.6 Å². The largest absolute Gasteiger partial charge is 0.490 e. The van der Waals surface area contributed by atoms with Crippen LogP contribution >= 0.6 is 11.8 Å². The molecule has 8 nitrogen and oxygen atoms in total. The van der Waals surface area contributed by atoms with Crippen LogP contribution < -0.4 is 14.2 Å². The molecule has 1 saturated carbocycles. The molecule has 0 aliphatic heterocycles. The molecule has 1 aliphatic carbocycles. The summed E-state index contributed by atoms with van der Waals surface area (Å²) in [6, 6.07) is 6.14. The van der Waals surface area contributed by atoms with E-state index in [1.807, 2.05) is 33.8 Å². The van der Waals surface area contributed by atoms with Gasteiger partial charge in [-0.05, 0) is 65.7 Å². The summed E-state index contributed by atoms with van der Waals surface area (Å²) < 4.78 is 25.4. The van der Waals surface area contributed by atoms with Gasteiger partial charge in [-0.25, -0.2) is 0 Å². The fourth-order valence-electron chi connectivity index (χ4n) is 4.06. The highest BCUT2D eigenvalue weighted by atomic mass is 32.2. The van der Waals surface area contributed by atoms with E-state index in [1.54, 1.807) is 12.1 Å². The third kappa shape index (κ3) is 5.09. The molecule has 2 aromatic heterocycles. The zero-order valence-corrected chi connectivity index (χ0v) is 21.2. The SMILES string of the molecule is CCOc1cc(-c2nnc(SCC(=O)c3cc(C)n(C4CC4)c3C)o2)cc(OCC)c1OCC. The van der Waals surface area contributed by atoms with Crippen molar-refractivity contribution in [2.45, 2.75) is 58.7 Å². The lowest BCUT2D eigenvalue weighted by Gasteiger charge is -2.16. The molecule has 1 aromatic carbocycles. The van der Waals surface area contributed by atoms with E-state index in [0.717, 1.165) is 17.0 Å². The average molecular weight is 486 g/mol. The fourth-order valence-corrected chi connectivity index (χ4v) is 4.70. The Balaban J connectivity index is 1.51. The Hall–Kier alpha value is -2.94. The molecule has 0 bridgehead atoms. The summed E-state index contributed by atoms with van der Waals surface area (Å²) in [4.78, 5) is 12.9. The molecule has 9 heteroatoms. The van der Waals surface area contributed by atoms with Crippen molar-refractivity contribution in [1.82, 2.24) is 14.8 Å². The van der Waals surface area contributed by atoms with Crippen LogP contribution in [0, 0.1) is 13.8 Å². The van der Waals surface area contributed by atoms with Gasteiger partial charge in [-0.3, -0.25) is 4.79 Å². The van der Waals surface area contributed by atoms with Crippen molar-refractivity contribution in [3.63, 3.8) is 0 Å². The highest BCUT2D eigenvalue weighted by molar-refractivity contribution is 7.99. The van der Waals surface area contributed by atoms with Crippen molar-refractivity contribution in [2.75, 3.05) is 25.6 Å². The first-order valence-corrected chi connectivity index (χ1v) is 12.7. The molecule has 34 heavy (non-hydrogen) atoms. The number of thioether (sulfide) groups is 1. The molecule has 0 N–H and O–H groups in total. The van der Waals surface area contributed by atoms with E-state index in [0.29, 0.717) is 59.8 Å². The van der Waals surface area contributed by atoms with Gasteiger partial charge >= 0.3 is 0 Å². The second-order valence-corrected chi connectivity index (χ2v) is 9.00. The summed E-state index contributed by atoms with van der Waals surface area (Å²) in [7, 11) is 0. The molecule has 1 fully saturated rings. The highest BCUT2D eigenvalue weighted by Crippen LogP contribution is 2.42. The van der Waals surface area contributed by atoms with Crippen molar-refractivity contribution in [2.24, 2.45) is 0 Å². The van der Waals surface area contributed by atoms with Crippen LogP contribution in [0.25, 0.3) is 11.5 Å². The number of nitrogens with zero attached hydrogens (tertiary/aromatic N) is 3. The molecule has 0 amide bonds. The second kappa shape index (κ2) is 10.5. The zero-order valence-electron chi connectivity index (χ0n) is 20.3. The van der Waals surface area contributed by atoms with Gasteiger partial charge in [0.25, 0.3) is 5.22 Å². The molecule has 4 rings (SSSR count). The average Bonchev–Trinajstić information content (AvgIpc) is 3.44. The van der Waals surface area contributed by atoms with Gasteiger partial charge in [0.1, 0.15) is 0 Å². The molecule has 2 heterocycles. The molecule has 0 spiro atoms. The lowest BCUT2D eigenvalue weighted by Crippen LogP contribution is -2.05. The van der Waals surface area contributed by atoms with Gasteiger partial charge in [-0.1, -0.05) is 11.8 Å². The monoisotopic (exact) mass is 485 g/mol. The number of carbonyl (C=O) groups excluding carboxylic acids is 1. The highest BCUT2D eigenvalue weighted by Gasteiger charge is 2.28. The van der Waals surface area contributed by atoms with E-state index in [1.165, 1.54) is 24.6 Å². The van der Waals surface area contributed by atoms with Gasteiger partial charge < -0.3 is 23.2 Å². The summed E-state index contributed by atoms with van der Waals surface area (Å²) in [6.07, 6.45) is 2.37. The fraction of sp³-hybridized carbons (Fsp3) is 0.480. The summed E-state index contributed by atoms with van der Waals surface area (Å²) >= 11 is 1.24. The summed E-state index contributed by atoms with van der Waals surface area (Å²) in [5.74, 6) is 2.28. The predicted molar refractivity (Wildman–Crippen MR) is 130 cm³/mol. The summed E-state index contributed by atoms with van der Waals surface area (Å²) in [5.41, 5.74) is 3.61. The zero-order chi connectivity index (χ0) is 24.2. The Kier molecular flexibility index (Phi) is 7.50. The smallest absolute Gasteiger partial charge is 0.277 e. The van der Waals surface area contributed by atoms with Crippen LogP contribution in [0.4, 0.5) is 0 Å². The van der Waals surface area contributed by atoms with E-state index in [4.69, 9.17) is 18.6 Å². The van der Waals surface area contributed by atoms with Crippen molar-refractivity contribution in [3.8, 4) is 28.7 Å². The molecule has 3 aromatic rings. The Morgan fingerprint density at radius 2 is 1.68 bits per heavy atom. The number of aromatic nitrogens is 3. The summed E-state index contributed by atoms with van der Waals surface area (Å²) in [6.45, 7) is 11.2. The van der Waals surface area contributed by atoms with Gasteiger partial charge in [0, 0.05) is 28.6 Å². The van der Waals surface area contributed by atoms with Gasteiger partial charge in [0.2, 0.25) is 11.6 Å². The van der Waals surface area contributed by atoms with E-state index < -0.39 is 0 Å². The number of hydrogen-bond donors (Lipinski definition) is 0. The molecule has 0 atom stereocenters. The first-order valence-electron chi connectivity index (χ1n) is 11.7. The van der Waals surface area contributed by atoms with Crippen LogP contribution in [-0.2, 0) is 0 Å². The maximum Gasteiger partial charge on any atom is 0.277 e. The number of aryl methyl sites for hydroxylation is 1. The van der Waals surface area contributed by atoms with Crippen LogP contribution in [0.15, 0.2) is 27.8 Å². The van der Waals surface area contributed by atoms with Crippen LogP contribution in [0.1, 0.15) is 61.4 Å². The van der Waals surface area contributed by atoms with Crippen LogP contribution in [0.3, 0.4) is 0 Å². The normalized spacial score (nSPS) is 13.2. The van der Waals surface area contributed by atoms with Crippen molar-refractivity contribution >= 4 is 17.5 Å². The Labute approximate surface area is 204 Å². The first-order chi connectivity index (χ1) is 16.5. The number of Topliss-reactive ketones (excluding diaryl/α,β-unsaturated/α-hetero) is 1. The minimum absolute atomic E-state index is 0.0584. The van der Waals surface area contributed by atoms with Crippen LogP contribution in [0.5, 0.6) is 17.2 Å². The lowest BCUT2D eigenvalue weighted by atomic mass is 10.2. The predicted octanol–water partition coefficient (Wildman–Crippen LogP) is 5.66. The number of rotatable bonds is 12. The van der Waals surface area contributed by atoms with E-state index >= 15 is 0 Å². The van der Waals surface area contributed by atoms with Crippen LogP contribution in [-0.4, -0.2) is 46.1 Å². The van der Waals surface area contributed by atoms with E-state index in [-0.39, 0.29) is 11.5 Å². The molecule has 0 saturated heterocycles. The molecule has 182 valence electrons. The standard InChI is InChI=1S/C25H31N3O5S/c1-6-30-21-12-17(13-22(31-7-2)23(21)32-8-3)24-26-27-25(33-24)34-14-20(29)19-11-15(4)28(16(19)5)18-9-10-18/h11-13,18H,6-10,14H2,1-5H3. The third-order valence-corrected chi connectivity index (χ3v) is 6.40. The maximum atomic E-state index is 12.9. The Morgan fingerprint density at radius 3 is 2.26 bits per heavy atom. The Bertz CT molecular complexity index is 1140. The quantitative estimate of drug-likeness (QED) is 0.240. The number of ketones is 1. The van der Waals surface area contributed by atoms with Gasteiger partial charge in [0.15, 0.2) is 17.3 Å². The van der Waals surface area contributed by atoms with Gasteiger partial charge in [-0.15, -0.1) is 10.2 Å². The third-order valence-electron chi connectivity index (χ3n) is 5.59. The minimum Gasteiger partial charge on any atom is -0.490 e. The summed E-state index contributed by atoms with van der Waals surface area (Å²) in [5, 5.41) is 8.64. The molecular formula is C25H31N3O5S. The van der Waals surface area contributed by atoms with E-state index in [9.17, 15) is 4.79 Å². The molecule has 1 aliphatic rings. The Morgan fingerprint density at radius 1 is 1.03 bits per heavy atom. The lowest BCUT2D eigenvalue weighted by molar-refractivity contribution is 0.102. The molecule has 0 unspecified atom stereocenters.